The van der Waals surface area contributed by atoms with Gasteiger partial charge < -0.3 is 10.2 Å². The maximum absolute atomic E-state index is 12.2. The van der Waals surface area contributed by atoms with E-state index in [4.69, 9.17) is 0 Å². The van der Waals surface area contributed by atoms with Crippen molar-refractivity contribution in [2.24, 2.45) is 0 Å². The van der Waals surface area contributed by atoms with Gasteiger partial charge in [-0.25, -0.2) is 9.97 Å². The van der Waals surface area contributed by atoms with Crippen LogP contribution < -0.4 is 10.2 Å². The van der Waals surface area contributed by atoms with Gasteiger partial charge in [0.15, 0.2) is 0 Å². The Bertz CT molecular complexity index is 952. The van der Waals surface area contributed by atoms with Gasteiger partial charge in [0, 0.05) is 36.2 Å². The number of anilines is 2. The van der Waals surface area contributed by atoms with Gasteiger partial charge in [0.2, 0.25) is 11.9 Å². The van der Waals surface area contributed by atoms with Crippen LogP contribution in [0.4, 0.5) is 11.6 Å². The smallest absolute Gasteiger partial charge is 0.231 e. The molecular weight excluding hydrogens is 336 g/mol. The van der Waals surface area contributed by atoms with Crippen LogP contribution in [0.3, 0.4) is 0 Å². The number of carbonyl (C=O) groups is 1. The van der Waals surface area contributed by atoms with E-state index in [2.05, 4.69) is 33.5 Å². The third-order valence-electron chi connectivity index (χ3n) is 4.75. The first-order chi connectivity index (χ1) is 13.1. The first-order valence-electron chi connectivity index (χ1n) is 9.17. The molecule has 136 valence electrons. The number of aromatic nitrogens is 2. The molecule has 0 saturated heterocycles. The third kappa shape index (κ3) is 3.53. The van der Waals surface area contributed by atoms with Crippen LogP contribution in [0.25, 0.3) is 11.1 Å². The average molecular weight is 358 g/mol. The monoisotopic (exact) mass is 358 g/mol. The number of nitrogens with zero attached hydrogens (tertiary/aromatic N) is 3. The molecule has 27 heavy (non-hydrogen) atoms. The Morgan fingerprint density at radius 3 is 2.48 bits per heavy atom. The summed E-state index contributed by atoms with van der Waals surface area (Å²) in [4.78, 5) is 23.0. The first kappa shape index (κ1) is 17.2. The lowest BCUT2D eigenvalue weighted by Crippen LogP contribution is -2.33. The molecule has 0 saturated carbocycles. The predicted octanol–water partition coefficient (Wildman–Crippen LogP) is 4.05. The van der Waals surface area contributed by atoms with E-state index in [1.807, 2.05) is 61.5 Å². The molecule has 3 aromatic rings. The van der Waals surface area contributed by atoms with Crippen LogP contribution in [-0.4, -0.2) is 21.9 Å². The fourth-order valence-corrected chi connectivity index (χ4v) is 3.41. The second kappa shape index (κ2) is 7.19. The molecule has 4 rings (SSSR count). The Balaban J connectivity index is 1.52. The number of fused-ring (bicyclic) bond motifs is 1. The number of nitrogens with one attached hydrogen (secondary N) is 1. The maximum Gasteiger partial charge on any atom is 0.231 e. The van der Waals surface area contributed by atoms with Crippen molar-refractivity contribution in [3.63, 3.8) is 0 Å². The molecule has 0 spiro atoms. The van der Waals surface area contributed by atoms with Gasteiger partial charge in [0.05, 0.1) is 6.42 Å². The van der Waals surface area contributed by atoms with Crippen LogP contribution in [-0.2, 0) is 17.8 Å². The van der Waals surface area contributed by atoms with Crippen LogP contribution in [0.1, 0.15) is 25.0 Å². The minimum atomic E-state index is 0.148. The highest BCUT2D eigenvalue weighted by atomic mass is 16.2. The molecule has 1 aliphatic heterocycles. The highest BCUT2D eigenvalue weighted by molar-refractivity contribution is 6.02. The van der Waals surface area contributed by atoms with Crippen molar-refractivity contribution in [3.8, 4) is 11.1 Å². The van der Waals surface area contributed by atoms with E-state index in [0.29, 0.717) is 18.9 Å². The van der Waals surface area contributed by atoms with Crippen LogP contribution in [0.2, 0.25) is 0 Å². The fraction of sp³-hybridized carbons (Fsp3) is 0.227. The van der Waals surface area contributed by atoms with Crippen molar-refractivity contribution < 1.29 is 4.79 Å². The number of benzene rings is 2. The summed E-state index contributed by atoms with van der Waals surface area (Å²) in [5.74, 6) is 0.761. The van der Waals surface area contributed by atoms with Crippen LogP contribution in [0, 0.1) is 0 Å². The van der Waals surface area contributed by atoms with Gasteiger partial charge >= 0.3 is 0 Å². The molecule has 0 unspecified atom stereocenters. The molecular formula is C22H22N4O. The third-order valence-corrected chi connectivity index (χ3v) is 4.75. The van der Waals surface area contributed by atoms with E-state index in [9.17, 15) is 4.79 Å². The minimum Gasteiger partial charge on any atom is -0.350 e. The lowest BCUT2D eigenvalue weighted by molar-refractivity contribution is -0.117. The standard InChI is InChI=1S/C22H22N4O/c1-15(2)26-20-10-17(8-9-18(20)11-21(26)27)19-13-24-22(25-14-19)23-12-16-6-4-3-5-7-16/h3-10,13-15H,11-12H2,1-2H3,(H,23,24,25). The summed E-state index contributed by atoms with van der Waals surface area (Å²) >= 11 is 0. The van der Waals surface area contributed by atoms with Crippen LogP contribution in [0.5, 0.6) is 0 Å². The molecule has 1 amide bonds. The molecule has 5 heteroatoms. The average Bonchev–Trinajstić information content (AvgIpc) is 3.02. The molecule has 2 aromatic carbocycles. The van der Waals surface area contributed by atoms with E-state index >= 15 is 0 Å². The van der Waals surface area contributed by atoms with Gasteiger partial charge in [-0.1, -0.05) is 42.5 Å². The molecule has 0 radical (unpaired) electrons. The summed E-state index contributed by atoms with van der Waals surface area (Å²) in [6, 6.07) is 16.4. The number of hydrogen-bond donors (Lipinski definition) is 1. The summed E-state index contributed by atoms with van der Waals surface area (Å²) < 4.78 is 0. The van der Waals surface area contributed by atoms with Crippen molar-refractivity contribution in [1.29, 1.82) is 0 Å². The first-order valence-corrected chi connectivity index (χ1v) is 9.17. The zero-order valence-corrected chi connectivity index (χ0v) is 15.5. The molecule has 1 aliphatic rings. The number of rotatable bonds is 5. The fourth-order valence-electron chi connectivity index (χ4n) is 3.41. The summed E-state index contributed by atoms with van der Waals surface area (Å²) in [6.45, 7) is 4.76. The maximum atomic E-state index is 12.2. The molecule has 5 nitrogen and oxygen atoms in total. The molecule has 0 aliphatic carbocycles. The Morgan fingerprint density at radius 1 is 1.04 bits per heavy atom. The highest BCUT2D eigenvalue weighted by Crippen LogP contribution is 2.34. The van der Waals surface area contributed by atoms with E-state index in [-0.39, 0.29) is 11.9 Å². The lowest BCUT2D eigenvalue weighted by atomic mass is 10.0. The quantitative estimate of drug-likeness (QED) is 0.747. The normalized spacial score (nSPS) is 13.1. The predicted molar refractivity (Wildman–Crippen MR) is 108 cm³/mol. The van der Waals surface area contributed by atoms with Gasteiger partial charge in [0.25, 0.3) is 0 Å². The van der Waals surface area contributed by atoms with Crippen molar-refractivity contribution in [2.45, 2.75) is 32.9 Å². The second-order valence-corrected chi connectivity index (χ2v) is 7.01. The van der Waals surface area contributed by atoms with Crippen LogP contribution in [0.15, 0.2) is 60.9 Å². The van der Waals surface area contributed by atoms with Crippen molar-refractivity contribution in [2.75, 3.05) is 10.2 Å². The summed E-state index contributed by atoms with van der Waals surface area (Å²) in [7, 11) is 0. The van der Waals surface area contributed by atoms with Crippen molar-refractivity contribution in [3.05, 3.63) is 72.1 Å². The van der Waals surface area contributed by atoms with E-state index < -0.39 is 0 Å². The Morgan fingerprint density at radius 2 is 1.78 bits per heavy atom. The minimum absolute atomic E-state index is 0.148. The molecule has 0 atom stereocenters. The summed E-state index contributed by atoms with van der Waals surface area (Å²) in [5, 5.41) is 3.23. The van der Waals surface area contributed by atoms with Crippen LogP contribution >= 0.6 is 0 Å². The van der Waals surface area contributed by atoms with E-state index in [1.165, 1.54) is 5.56 Å². The molecule has 0 bridgehead atoms. The second-order valence-electron chi connectivity index (χ2n) is 7.01. The Hall–Kier alpha value is -3.21. The van der Waals surface area contributed by atoms with Gasteiger partial charge in [0.1, 0.15) is 0 Å². The lowest BCUT2D eigenvalue weighted by Gasteiger charge is -2.22. The van der Waals surface area contributed by atoms with E-state index in [1.54, 1.807) is 0 Å². The summed E-state index contributed by atoms with van der Waals surface area (Å²) in [5.41, 5.74) is 5.22. The van der Waals surface area contributed by atoms with Gasteiger partial charge in [-0.2, -0.15) is 0 Å². The largest absolute Gasteiger partial charge is 0.350 e. The molecule has 1 N–H and O–H groups in total. The van der Waals surface area contributed by atoms with Gasteiger partial charge in [-0.15, -0.1) is 0 Å². The Labute approximate surface area is 159 Å². The van der Waals surface area contributed by atoms with Gasteiger partial charge in [-0.3, -0.25) is 4.79 Å². The highest BCUT2D eigenvalue weighted by Gasteiger charge is 2.29. The molecule has 1 aromatic heterocycles. The molecule has 2 heterocycles. The van der Waals surface area contributed by atoms with Gasteiger partial charge in [-0.05, 0) is 36.6 Å². The SMILES string of the molecule is CC(C)N1C(=O)Cc2ccc(-c3cnc(NCc4ccccc4)nc3)cc21. The Kier molecular flexibility index (Phi) is 4.59. The number of carbonyl (C=O) groups excluding carboxylic acids is 1. The van der Waals surface area contributed by atoms with E-state index in [0.717, 1.165) is 22.4 Å². The van der Waals surface area contributed by atoms with Crippen molar-refractivity contribution in [1.82, 2.24) is 9.97 Å². The topological polar surface area (TPSA) is 58.1 Å². The number of amides is 1. The zero-order valence-electron chi connectivity index (χ0n) is 15.5. The summed E-state index contributed by atoms with van der Waals surface area (Å²) in [6.07, 6.45) is 4.11. The molecule has 0 fully saturated rings. The number of hydrogen-bond acceptors (Lipinski definition) is 4. The zero-order chi connectivity index (χ0) is 18.8. The van der Waals surface area contributed by atoms with Crippen molar-refractivity contribution >= 4 is 17.5 Å².